The highest BCUT2D eigenvalue weighted by molar-refractivity contribution is 5.97. The molecule has 0 fully saturated rings. The van der Waals surface area contributed by atoms with Crippen LogP contribution in [0.25, 0.3) is 0 Å². The Balaban J connectivity index is 2.20. The molecule has 0 radical (unpaired) electrons. The lowest BCUT2D eigenvalue weighted by molar-refractivity contribution is -0.384. The van der Waals surface area contributed by atoms with Gasteiger partial charge in [0.05, 0.1) is 4.92 Å². The average molecular weight is 413 g/mol. The van der Waals surface area contributed by atoms with Crippen LogP contribution in [0.5, 0.6) is 0 Å². The summed E-state index contributed by atoms with van der Waals surface area (Å²) < 4.78 is 0. The highest BCUT2D eigenvalue weighted by Gasteiger charge is 2.24. The number of hydrogen-bond acceptors (Lipinski definition) is 5. The number of nitro benzene ring substituents is 1. The van der Waals surface area contributed by atoms with Gasteiger partial charge in [0.2, 0.25) is 5.91 Å². The number of benzene rings is 2. The molecule has 0 bridgehead atoms. The van der Waals surface area contributed by atoms with Crippen molar-refractivity contribution in [3.05, 3.63) is 69.8 Å². The molecule has 2 N–H and O–H groups in total. The zero-order valence-corrected chi connectivity index (χ0v) is 18.4. The van der Waals surface area contributed by atoms with E-state index in [1.807, 2.05) is 30.3 Å². The number of anilines is 1. The predicted octanol–water partition coefficient (Wildman–Crippen LogP) is 4.29. The Morgan fingerprint density at radius 3 is 2.27 bits per heavy atom. The number of nitrogens with zero attached hydrogens (tertiary/aromatic N) is 2. The summed E-state index contributed by atoms with van der Waals surface area (Å²) in [6.07, 6.45) is 0. The van der Waals surface area contributed by atoms with Crippen LogP contribution in [0.3, 0.4) is 0 Å². The van der Waals surface area contributed by atoms with Crippen LogP contribution < -0.4 is 10.6 Å². The van der Waals surface area contributed by atoms with Crippen molar-refractivity contribution in [2.24, 2.45) is 0 Å². The maximum Gasteiger partial charge on any atom is 0.293 e. The smallest absolute Gasteiger partial charge is 0.293 e. The fraction of sp³-hybridized carbons (Fsp3) is 0.435. The van der Waals surface area contributed by atoms with E-state index in [0.29, 0.717) is 18.6 Å². The first-order chi connectivity index (χ1) is 14.2. The van der Waals surface area contributed by atoms with Gasteiger partial charge in [-0.25, -0.2) is 0 Å². The summed E-state index contributed by atoms with van der Waals surface area (Å²) in [6.45, 7) is 11.8. The zero-order valence-electron chi connectivity index (χ0n) is 18.4. The highest BCUT2D eigenvalue weighted by Crippen LogP contribution is 2.26. The van der Waals surface area contributed by atoms with Crippen LogP contribution in [0.15, 0.2) is 48.5 Å². The first kappa shape index (κ1) is 23.5. The SMILES string of the molecule is Cc1ccc(NC(=O)[C@@H](NCCN(C(C)C)C(C)C)c2ccccc2)c([N+](=O)[O-])c1. The van der Waals surface area contributed by atoms with Crippen molar-refractivity contribution < 1.29 is 9.72 Å². The van der Waals surface area contributed by atoms with Gasteiger partial charge in [-0.15, -0.1) is 0 Å². The Hall–Kier alpha value is -2.77. The lowest BCUT2D eigenvalue weighted by Gasteiger charge is -2.31. The molecule has 0 saturated heterocycles. The highest BCUT2D eigenvalue weighted by atomic mass is 16.6. The molecule has 7 heteroatoms. The van der Waals surface area contributed by atoms with Crippen LogP contribution in [0, 0.1) is 17.0 Å². The number of carbonyl (C=O) groups excluding carboxylic acids is 1. The minimum atomic E-state index is -0.617. The second-order valence-electron chi connectivity index (χ2n) is 7.99. The maximum absolute atomic E-state index is 13.1. The van der Waals surface area contributed by atoms with Crippen molar-refractivity contribution in [3.63, 3.8) is 0 Å². The van der Waals surface area contributed by atoms with Crippen molar-refractivity contribution in [3.8, 4) is 0 Å². The van der Waals surface area contributed by atoms with Gasteiger partial charge < -0.3 is 10.6 Å². The summed E-state index contributed by atoms with van der Waals surface area (Å²) in [5, 5.41) is 17.5. The molecule has 0 saturated carbocycles. The second-order valence-corrected chi connectivity index (χ2v) is 7.99. The van der Waals surface area contributed by atoms with Crippen LogP contribution >= 0.6 is 0 Å². The molecule has 0 unspecified atom stereocenters. The van der Waals surface area contributed by atoms with E-state index in [0.717, 1.165) is 17.7 Å². The normalized spacial score (nSPS) is 12.4. The summed E-state index contributed by atoms with van der Waals surface area (Å²) in [7, 11) is 0. The third-order valence-corrected chi connectivity index (χ3v) is 5.05. The van der Waals surface area contributed by atoms with Crippen molar-refractivity contribution >= 4 is 17.3 Å². The van der Waals surface area contributed by atoms with Gasteiger partial charge in [-0.2, -0.15) is 0 Å². The number of nitrogens with one attached hydrogen (secondary N) is 2. The number of amides is 1. The molecule has 162 valence electrons. The standard InChI is InChI=1S/C23H32N4O3/c1-16(2)26(17(3)4)14-13-24-22(19-9-7-6-8-10-19)23(28)25-20-12-11-18(5)15-21(20)27(29)30/h6-12,15-17,22,24H,13-14H2,1-5H3,(H,25,28)/t22-/m0/s1. The fourth-order valence-electron chi connectivity index (χ4n) is 3.56. The molecular weight excluding hydrogens is 380 g/mol. The number of nitro groups is 1. The van der Waals surface area contributed by atoms with Crippen LogP contribution in [0.2, 0.25) is 0 Å². The molecule has 2 aromatic rings. The van der Waals surface area contributed by atoms with Crippen molar-refractivity contribution in [1.29, 1.82) is 0 Å². The van der Waals surface area contributed by atoms with E-state index in [-0.39, 0.29) is 17.3 Å². The Kier molecular flexibility index (Phi) is 8.50. The predicted molar refractivity (Wildman–Crippen MR) is 121 cm³/mol. The maximum atomic E-state index is 13.1. The molecule has 2 rings (SSSR count). The van der Waals surface area contributed by atoms with E-state index in [4.69, 9.17) is 0 Å². The summed E-state index contributed by atoms with van der Waals surface area (Å²) >= 11 is 0. The largest absolute Gasteiger partial charge is 0.319 e. The van der Waals surface area contributed by atoms with Gasteiger partial charge in [0.25, 0.3) is 5.69 Å². The van der Waals surface area contributed by atoms with E-state index in [1.165, 1.54) is 6.07 Å². The van der Waals surface area contributed by atoms with Crippen LogP contribution in [0.1, 0.15) is 44.9 Å². The van der Waals surface area contributed by atoms with Crippen LogP contribution in [-0.4, -0.2) is 40.9 Å². The van der Waals surface area contributed by atoms with Crippen LogP contribution in [0.4, 0.5) is 11.4 Å². The fourth-order valence-corrected chi connectivity index (χ4v) is 3.56. The molecule has 1 amide bonds. The molecule has 1 atom stereocenters. The van der Waals surface area contributed by atoms with Crippen molar-refractivity contribution in [1.82, 2.24) is 10.2 Å². The van der Waals surface area contributed by atoms with Gasteiger partial charge in [-0.3, -0.25) is 19.8 Å². The third kappa shape index (κ3) is 6.37. The summed E-state index contributed by atoms with van der Waals surface area (Å²) in [5.74, 6) is -0.325. The van der Waals surface area contributed by atoms with E-state index >= 15 is 0 Å². The Bertz CT molecular complexity index is 845. The topological polar surface area (TPSA) is 87.5 Å². The summed E-state index contributed by atoms with van der Waals surface area (Å²) in [6, 6.07) is 14.4. The minimum Gasteiger partial charge on any atom is -0.319 e. The lowest BCUT2D eigenvalue weighted by Crippen LogP contribution is -2.43. The molecule has 0 heterocycles. The van der Waals surface area contributed by atoms with Gasteiger partial charge in [0.1, 0.15) is 11.7 Å². The average Bonchev–Trinajstić information content (AvgIpc) is 2.69. The first-order valence-corrected chi connectivity index (χ1v) is 10.3. The molecule has 30 heavy (non-hydrogen) atoms. The van der Waals surface area contributed by atoms with Crippen molar-refractivity contribution in [2.75, 3.05) is 18.4 Å². The monoisotopic (exact) mass is 412 g/mol. The number of carbonyl (C=O) groups is 1. The lowest BCUT2D eigenvalue weighted by atomic mass is 10.1. The zero-order chi connectivity index (χ0) is 22.3. The van der Waals surface area contributed by atoms with E-state index in [9.17, 15) is 14.9 Å². The molecule has 0 aliphatic heterocycles. The molecule has 0 aromatic heterocycles. The Morgan fingerprint density at radius 2 is 1.70 bits per heavy atom. The van der Waals surface area contributed by atoms with Gasteiger partial charge in [0, 0.05) is 31.2 Å². The minimum absolute atomic E-state index is 0.110. The van der Waals surface area contributed by atoms with Gasteiger partial charge in [0.15, 0.2) is 0 Å². The van der Waals surface area contributed by atoms with E-state index in [2.05, 4.69) is 43.2 Å². The first-order valence-electron chi connectivity index (χ1n) is 10.3. The molecule has 0 aliphatic carbocycles. The molecule has 0 spiro atoms. The summed E-state index contributed by atoms with van der Waals surface area (Å²) in [4.78, 5) is 26.4. The van der Waals surface area contributed by atoms with E-state index < -0.39 is 11.0 Å². The Morgan fingerprint density at radius 1 is 1.07 bits per heavy atom. The summed E-state index contributed by atoms with van der Waals surface area (Å²) in [5.41, 5.74) is 1.66. The molecular formula is C23H32N4O3. The molecule has 7 nitrogen and oxygen atoms in total. The van der Waals surface area contributed by atoms with Crippen LogP contribution in [-0.2, 0) is 4.79 Å². The quantitative estimate of drug-likeness (QED) is 0.449. The third-order valence-electron chi connectivity index (χ3n) is 5.05. The van der Waals surface area contributed by atoms with Gasteiger partial charge in [-0.05, 0) is 51.8 Å². The number of hydrogen-bond donors (Lipinski definition) is 2. The molecule has 2 aromatic carbocycles. The van der Waals surface area contributed by atoms with Gasteiger partial charge in [-0.1, -0.05) is 36.4 Å². The molecule has 0 aliphatic rings. The number of aryl methyl sites for hydroxylation is 1. The second kappa shape index (κ2) is 10.8. The van der Waals surface area contributed by atoms with E-state index in [1.54, 1.807) is 19.1 Å². The Labute approximate surface area is 178 Å². The van der Waals surface area contributed by atoms with Crippen molar-refractivity contribution in [2.45, 2.75) is 52.7 Å². The number of rotatable bonds is 10. The van der Waals surface area contributed by atoms with Gasteiger partial charge >= 0.3 is 0 Å².